The van der Waals surface area contributed by atoms with E-state index in [0.717, 1.165) is 30.9 Å². The van der Waals surface area contributed by atoms with Crippen molar-refractivity contribution >= 4 is 34.0 Å². The largest absolute Gasteiger partial charge is 0.381 e. The third-order valence-corrected chi connectivity index (χ3v) is 5.66. The number of nitrogens with one attached hydrogen (secondary N) is 3. The Morgan fingerprint density at radius 3 is 2.63 bits per heavy atom. The number of fused-ring (bicyclic) bond motifs is 1. The number of benzene rings is 2. The molecule has 0 bridgehead atoms. The maximum atomic E-state index is 12.3. The number of carbonyl (C=O) groups is 1. The lowest BCUT2D eigenvalue weighted by Crippen LogP contribution is -2.33. The number of aromatic nitrogens is 2. The van der Waals surface area contributed by atoms with E-state index >= 15 is 0 Å². The van der Waals surface area contributed by atoms with Gasteiger partial charge in [0.15, 0.2) is 5.15 Å². The molecule has 0 atom stereocenters. The van der Waals surface area contributed by atoms with Crippen LogP contribution in [0.15, 0.2) is 47.3 Å². The van der Waals surface area contributed by atoms with Crippen molar-refractivity contribution in [1.82, 2.24) is 20.4 Å². The number of carbonyl (C=O) groups excluding carboxylic acids is 1. The van der Waals surface area contributed by atoms with Crippen LogP contribution in [0.5, 0.6) is 0 Å². The molecule has 0 aliphatic carbocycles. The van der Waals surface area contributed by atoms with E-state index in [4.69, 9.17) is 11.6 Å². The average molecular weight is 426 g/mol. The number of H-pyrrole nitrogens is 1. The van der Waals surface area contributed by atoms with E-state index in [-0.39, 0.29) is 16.6 Å². The molecule has 0 spiro atoms. The molecule has 1 aliphatic rings. The molecular weight excluding hydrogens is 402 g/mol. The molecule has 1 fully saturated rings. The van der Waals surface area contributed by atoms with Gasteiger partial charge in [-0.2, -0.15) is 5.10 Å². The van der Waals surface area contributed by atoms with Crippen LogP contribution < -0.4 is 16.2 Å². The first-order valence-corrected chi connectivity index (χ1v) is 10.5. The van der Waals surface area contributed by atoms with Crippen LogP contribution in [0, 0.1) is 0 Å². The van der Waals surface area contributed by atoms with Crippen LogP contribution in [0.2, 0.25) is 5.15 Å². The molecule has 2 heterocycles. The maximum Gasteiger partial charge on any atom is 0.272 e. The van der Waals surface area contributed by atoms with E-state index in [1.165, 1.54) is 12.8 Å². The van der Waals surface area contributed by atoms with Gasteiger partial charge >= 0.3 is 0 Å². The van der Waals surface area contributed by atoms with Gasteiger partial charge in [0.05, 0.1) is 5.39 Å². The first-order valence-electron chi connectivity index (χ1n) is 10.1. The van der Waals surface area contributed by atoms with Gasteiger partial charge in [-0.1, -0.05) is 23.7 Å². The van der Waals surface area contributed by atoms with Crippen LogP contribution in [0.4, 0.5) is 5.69 Å². The third kappa shape index (κ3) is 4.80. The van der Waals surface area contributed by atoms with Gasteiger partial charge in [0.1, 0.15) is 0 Å². The Bertz CT molecular complexity index is 1090. The normalized spacial score (nSPS) is 14.2. The van der Waals surface area contributed by atoms with Gasteiger partial charge < -0.3 is 15.5 Å². The lowest BCUT2D eigenvalue weighted by atomic mass is 10.1. The number of hydrogen-bond acceptors (Lipinski definition) is 5. The molecule has 2 aromatic carbocycles. The molecule has 3 aromatic rings. The summed E-state index contributed by atoms with van der Waals surface area (Å²) in [5.74, 6) is -0.0482. The summed E-state index contributed by atoms with van der Waals surface area (Å²) in [4.78, 5) is 26.6. The summed E-state index contributed by atoms with van der Waals surface area (Å²) in [7, 11) is 0. The Balaban J connectivity index is 1.32. The molecule has 8 heteroatoms. The molecule has 7 nitrogen and oxygen atoms in total. The highest BCUT2D eigenvalue weighted by Crippen LogP contribution is 2.21. The van der Waals surface area contributed by atoms with Gasteiger partial charge in [-0.3, -0.25) is 9.59 Å². The van der Waals surface area contributed by atoms with Crippen LogP contribution in [-0.2, 0) is 6.54 Å². The molecule has 1 amide bonds. The number of aromatic amines is 1. The van der Waals surface area contributed by atoms with Crippen molar-refractivity contribution in [2.75, 3.05) is 31.5 Å². The monoisotopic (exact) mass is 425 g/mol. The van der Waals surface area contributed by atoms with Crippen molar-refractivity contribution in [3.63, 3.8) is 0 Å². The van der Waals surface area contributed by atoms with E-state index in [2.05, 4.69) is 25.7 Å². The number of amides is 1. The van der Waals surface area contributed by atoms with Gasteiger partial charge in [-0.25, -0.2) is 5.10 Å². The summed E-state index contributed by atoms with van der Waals surface area (Å²) < 4.78 is 0. The Hall–Kier alpha value is -2.90. The van der Waals surface area contributed by atoms with Crippen molar-refractivity contribution in [3.8, 4) is 0 Å². The smallest absolute Gasteiger partial charge is 0.272 e. The summed E-state index contributed by atoms with van der Waals surface area (Å²) >= 11 is 6.02. The summed E-state index contributed by atoms with van der Waals surface area (Å²) in [5.41, 5.74) is 2.21. The van der Waals surface area contributed by atoms with Crippen molar-refractivity contribution in [2.45, 2.75) is 19.4 Å². The molecule has 4 rings (SSSR count). The first kappa shape index (κ1) is 20.4. The highest BCUT2D eigenvalue weighted by molar-refractivity contribution is 6.34. The van der Waals surface area contributed by atoms with E-state index in [9.17, 15) is 9.59 Å². The second kappa shape index (κ2) is 9.28. The fourth-order valence-corrected chi connectivity index (χ4v) is 3.86. The van der Waals surface area contributed by atoms with Gasteiger partial charge in [0.2, 0.25) is 0 Å². The molecule has 1 saturated heterocycles. The minimum absolute atomic E-state index is 0.0482. The summed E-state index contributed by atoms with van der Waals surface area (Å²) in [6, 6.07) is 12.9. The summed E-state index contributed by atoms with van der Waals surface area (Å²) in [6.45, 7) is 4.41. The lowest BCUT2D eigenvalue weighted by molar-refractivity contribution is 0.0949. The number of anilines is 1. The van der Waals surface area contributed by atoms with Crippen LogP contribution in [-0.4, -0.2) is 47.2 Å². The minimum atomic E-state index is -0.279. The zero-order valence-electron chi connectivity index (χ0n) is 16.6. The van der Waals surface area contributed by atoms with Crippen molar-refractivity contribution in [2.24, 2.45) is 0 Å². The molecule has 0 radical (unpaired) electrons. The minimum Gasteiger partial charge on any atom is -0.381 e. The van der Waals surface area contributed by atoms with E-state index in [0.29, 0.717) is 29.4 Å². The molecule has 1 aliphatic heterocycles. The Morgan fingerprint density at radius 1 is 1.10 bits per heavy atom. The van der Waals surface area contributed by atoms with Crippen LogP contribution >= 0.6 is 11.6 Å². The highest BCUT2D eigenvalue weighted by Gasteiger charge is 2.12. The molecule has 3 N–H and O–H groups in total. The Morgan fingerprint density at radius 2 is 1.87 bits per heavy atom. The van der Waals surface area contributed by atoms with Crippen LogP contribution in [0.3, 0.4) is 0 Å². The topological polar surface area (TPSA) is 90.1 Å². The van der Waals surface area contributed by atoms with Crippen molar-refractivity contribution in [1.29, 1.82) is 0 Å². The average Bonchev–Trinajstić information content (AvgIpc) is 3.29. The zero-order chi connectivity index (χ0) is 20.9. The fraction of sp³-hybridized carbons (Fsp3) is 0.318. The number of rotatable bonds is 7. The molecule has 1 aromatic heterocycles. The summed E-state index contributed by atoms with van der Waals surface area (Å²) in [5, 5.41) is 13.8. The second-order valence-electron chi connectivity index (χ2n) is 7.46. The SMILES string of the molecule is O=C(NCCN1CCCC1)c1ccc(CNc2ccc3c(Cl)n[nH]c(=O)c3c2)cc1. The Labute approximate surface area is 179 Å². The predicted octanol–water partition coefficient (Wildman–Crippen LogP) is 3.01. The maximum absolute atomic E-state index is 12.3. The second-order valence-corrected chi connectivity index (χ2v) is 7.82. The quantitative estimate of drug-likeness (QED) is 0.541. The Kier molecular flexibility index (Phi) is 6.30. The molecule has 0 unspecified atom stereocenters. The van der Waals surface area contributed by atoms with Crippen LogP contribution in [0.1, 0.15) is 28.8 Å². The third-order valence-electron chi connectivity index (χ3n) is 5.37. The van der Waals surface area contributed by atoms with E-state index in [1.54, 1.807) is 12.1 Å². The zero-order valence-corrected chi connectivity index (χ0v) is 17.3. The van der Waals surface area contributed by atoms with E-state index < -0.39 is 0 Å². The summed E-state index contributed by atoms with van der Waals surface area (Å²) in [6.07, 6.45) is 2.51. The molecule has 0 saturated carbocycles. The lowest BCUT2D eigenvalue weighted by Gasteiger charge is -2.14. The van der Waals surface area contributed by atoms with Crippen molar-refractivity contribution in [3.05, 3.63) is 69.1 Å². The van der Waals surface area contributed by atoms with Crippen molar-refractivity contribution < 1.29 is 4.79 Å². The number of nitrogens with zero attached hydrogens (tertiary/aromatic N) is 2. The van der Waals surface area contributed by atoms with Gasteiger partial charge in [-0.05, 0) is 61.8 Å². The number of likely N-dealkylation sites (tertiary alicyclic amines) is 1. The molecule has 30 heavy (non-hydrogen) atoms. The first-order chi connectivity index (χ1) is 14.6. The number of halogens is 1. The molecular formula is C22H24ClN5O2. The molecule has 156 valence electrons. The fourth-order valence-electron chi connectivity index (χ4n) is 3.66. The van der Waals surface area contributed by atoms with Crippen LogP contribution in [0.25, 0.3) is 10.8 Å². The van der Waals surface area contributed by atoms with Gasteiger partial charge in [0, 0.05) is 36.3 Å². The number of hydrogen-bond donors (Lipinski definition) is 3. The van der Waals surface area contributed by atoms with E-state index in [1.807, 2.05) is 30.3 Å². The standard InChI is InChI=1S/C22H24ClN5O2/c23-20-18-8-7-17(13-19(18)22(30)27-26-20)25-14-15-3-5-16(6-4-15)21(29)24-9-12-28-10-1-2-11-28/h3-8,13,25H,1-2,9-12,14H2,(H,24,29)(H,27,30). The van der Waals surface area contributed by atoms with Gasteiger partial charge in [0.25, 0.3) is 11.5 Å². The predicted molar refractivity (Wildman–Crippen MR) is 119 cm³/mol. The van der Waals surface area contributed by atoms with Gasteiger partial charge in [-0.15, -0.1) is 0 Å². The highest BCUT2D eigenvalue weighted by atomic mass is 35.5.